The molecule has 0 radical (unpaired) electrons. The average molecular weight is 337 g/mol. The summed E-state index contributed by atoms with van der Waals surface area (Å²) in [7, 11) is -3.72. The van der Waals surface area contributed by atoms with Crippen molar-refractivity contribution in [3.8, 4) is 0 Å². The number of anilines is 1. The van der Waals surface area contributed by atoms with E-state index in [1.807, 2.05) is 0 Å². The lowest BCUT2D eigenvalue weighted by Crippen LogP contribution is -2.40. The van der Waals surface area contributed by atoms with Crippen LogP contribution in [0.1, 0.15) is 5.69 Å². The van der Waals surface area contributed by atoms with Crippen molar-refractivity contribution < 1.29 is 17.6 Å². The van der Waals surface area contributed by atoms with Gasteiger partial charge in [-0.3, -0.25) is 14.1 Å². The molecule has 122 valence electrons. The van der Waals surface area contributed by atoms with Gasteiger partial charge in [-0.1, -0.05) is 12.1 Å². The zero-order chi connectivity index (χ0) is 16.9. The predicted molar refractivity (Wildman–Crippen MR) is 84.7 cm³/mol. The smallest absolute Gasteiger partial charge is 0.241 e. The molecule has 1 aromatic carbocycles. The summed E-state index contributed by atoms with van der Waals surface area (Å²) >= 11 is 0. The number of nitrogens with one attached hydrogen (secondary N) is 1. The second-order valence-electron chi connectivity index (χ2n) is 4.85. The van der Waals surface area contributed by atoms with E-state index in [2.05, 4.69) is 10.3 Å². The topological polar surface area (TPSA) is 79.4 Å². The Hall–Kier alpha value is -2.48. The lowest BCUT2D eigenvalue weighted by Gasteiger charge is -2.21. The molecule has 8 heteroatoms. The molecule has 0 aliphatic heterocycles. The Labute approximate surface area is 134 Å². The van der Waals surface area contributed by atoms with Crippen LogP contribution in [0.25, 0.3) is 0 Å². The third-order valence-electron chi connectivity index (χ3n) is 2.98. The number of sulfonamides is 1. The molecule has 0 saturated carbocycles. The number of nitrogens with zero attached hydrogens (tertiary/aromatic N) is 2. The highest BCUT2D eigenvalue weighted by Crippen LogP contribution is 2.18. The van der Waals surface area contributed by atoms with Crippen LogP contribution in [-0.2, 0) is 21.4 Å². The summed E-state index contributed by atoms with van der Waals surface area (Å²) in [6.07, 6.45) is 2.56. The summed E-state index contributed by atoms with van der Waals surface area (Å²) in [5.74, 6) is -1.09. The van der Waals surface area contributed by atoms with Crippen LogP contribution in [0, 0.1) is 5.82 Å². The van der Waals surface area contributed by atoms with Crippen molar-refractivity contribution in [2.24, 2.45) is 0 Å². The largest absolute Gasteiger partial charge is 0.349 e. The van der Waals surface area contributed by atoms with Crippen LogP contribution < -0.4 is 9.62 Å². The van der Waals surface area contributed by atoms with Gasteiger partial charge in [-0.25, -0.2) is 12.8 Å². The van der Waals surface area contributed by atoms with Crippen LogP contribution in [0.3, 0.4) is 0 Å². The van der Waals surface area contributed by atoms with E-state index in [1.165, 1.54) is 18.2 Å². The van der Waals surface area contributed by atoms with Crippen LogP contribution in [0.15, 0.2) is 48.7 Å². The van der Waals surface area contributed by atoms with Gasteiger partial charge in [0.15, 0.2) is 0 Å². The molecule has 0 atom stereocenters. The van der Waals surface area contributed by atoms with E-state index in [4.69, 9.17) is 0 Å². The van der Waals surface area contributed by atoms with E-state index in [0.29, 0.717) is 5.69 Å². The first-order valence-electron chi connectivity index (χ1n) is 6.76. The number of pyridine rings is 1. The Balaban J connectivity index is 2.08. The number of hydrogen-bond acceptors (Lipinski definition) is 4. The summed E-state index contributed by atoms with van der Waals surface area (Å²) in [5.41, 5.74) is 0.748. The fraction of sp³-hybridized carbons (Fsp3) is 0.200. The molecule has 2 aromatic rings. The predicted octanol–water partition coefficient (Wildman–Crippen LogP) is 1.30. The molecule has 0 aliphatic rings. The summed E-state index contributed by atoms with van der Waals surface area (Å²) in [5, 5.41) is 2.58. The molecule has 1 N–H and O–H groups in total. The highest BCUT2D eigenvalue weighted by molar-refractivity contribution is 7.92. The molecule has 1 amide bonds. The highest BCUT2D eigenvalue weighted by Gasteiger charge is 2.21. The maximum atomic E-state index is 13.3. The molecular formula is C15H16FN3O3S. The Kier molecular flexibility index (Phi) is 5.28. The zero-order valence-electron chi connectivity index (χ0n) is 12.4. The number of amides is 1. The standard InChI is InChI=1S/C15H16FN3O3S/c1-23(21,22)19(14-7-4-5-12(16)9-14)11-15(20)18-10-13-6-2-3-8-17-13/h2-9H,10-11H2,1H3,(H,18,20). The number of aromatic nitrogens is 1. The minimum absolute atomic E-state index is 0.0977. The molecular weight excluding hydrogens is 321 g/mol. The first kappa shape index (κ1) is 16.9. The van der Waals surface area contributed by atoms with Crippen molar-refractivity contribution in [2.45, 2.75) is 6.54 Å². The van der Waals surface area contributed by atoms with Crippen LogP contribution in [0.5, 0.6) is 0 Å². The van der Waals surface area contributed by atoms with Crippen LogP contribution >= 0.6 is 0 Å². The summed E-state index contributed by atoms with van der Waals surface area (Å²) in [6, 6.07) is 10.3. The first-order chi connectivity index (χ1) is 10.9. The van der Waals surface area contributed by atoms with Crippen LogP contribution in [0.2, 0.25) is 0 Å². The molecule has 0 bridgehead atoms. The Morgan fingerprint density at radius 2 is 2.04 bits per heavy atom. The minimum Gasteiger partial charge on any atom is -0.349 e. The SMILES string of the molecule is CS(=O)(=O)N(CC(=O)NCc1ccccn1)c1cccc(F)c1. The normalized spacial score (nSPS) is 11.0. The summed E-state index contributed by atoms with van der Waals surface area (Å²) < 4.78 is 37.9. The van der Waals surface area contributed by atoms with E-state index in [-0.39, 0.29) is 12.2 Å². The molecule has 0 fully saturated rings. The molecule has 0 unspecified atom stereocenters. The second-order valence-corrected chi connectivity index (χ2v) is 6.75. The maximum absolute atomic E-state index is 13.3. The molecule has 0 aliphatic carbocycles. The lowest BCUT2D eigenvalue weighted by atomic mass is 10.3. The van der Waals surface area contributed by atoms with Gasteiger partial charge in [0.05, 0.1) is 24.2 Å². The van der Waals surface area contributed by atoms with Crippen molar-refractivity contribution in [2.75, 3.05) is 17.1 Å². The van der Waals surface area contributed by atoms with Gasteiger partial charge in [-0.2, -0.15) is 0 Å². The quantitative estimate of drug-likeness (QED) is 0.862. The second kappa shape index (κ2) is 7.19. The molecule has 0 spiro atoms. The van der Waals surface area contributed by atoms with Crippen LogP contribution in [0.4, 0.5) is 10.1 Å². The highest BCUT2D eigenvalue weighted by atomic mass is 32.2. The van der Waals surface area contributed by atoms with Gasteiger partial charge in [0.1, 0.15) is 12.4 Å². The third-order valence-corrected chi connectivity index (χ3v) is 4.12. The van der Waals surface area contributed by atoms with Crippen molar-refractivity contribution >= 4 is 21.6 Å². The lowest BCUT2D eigenvalue weighted by molar-refractivity contribution is -0.119. The number of carbonyl (C=O) groups is 1. The van der Waals surface area contributed by atoms with Crippen molar-refractivity contribution in [3.63, 3.8) is 0 Å². The average Bonchev–Trinajstić information content (AvgIpc) is 2.50. The van der Waals surface area contributed by atoms with Crippen molar-refractivity contribution in [3.05, 3.63) is 60.2 Å². The molecule has 6 nitrogen and oxygen atoms in total. The molecule has 0 saturated heterocycles. The van der Waals surface area contributed by atoms with Gasteiger partial charge in [0.2, 0.25) is 15.9 Å². The summed E-state index contributed by atoms with van der Waals surface area (Å²) in [4.78, 5) is 16.0. The van der Waals surface area contributed by atoms with Crippen LogP contribution in [-0.4, -0.2) is 32.1 Å². The third kappa shape index (κ3) is 5.03. The van der Waals surface area contributed by atoms with E-state index in [1.54, 1.807) is 24.4 Å². The van der Waals surface area contributed by atoms with E-state index >= 15 is 0 Å². The molecule has 1 heterocycles. The number of rotatable bonds is 6. The number of carbonyl (C=O) groups excluding carboxylic acids is 1. The Bertz CT molecular complexity index is 782. The molecule has 23 heavy (non-hydrogen) atoms. The van der Waals surface area contributed by atoms with Crippen molar-refractivity contribution in [1.82, 2.24) is 10.3 Å². The fourth-order valence-electron chi connectivity index (χ4n) is 1.91. The van der Waals surface area contributed by atoms with Gasteiger partial charge in [0, 0.05) is 6.20 Å². The molecule has 1 aromatic heterocycles. The van der Waals surface area contributed by atoms with E-state index < -0.39 is 28.3 Å². The first-order valence-corrected chi connectivity index (χ1v) is 8.61. The maximum Gasteiger partial charge on any atom is 0.241 e. The van der Waals surface area contributed by atoms with Crippen molar-refractivity contribution in [1.29, 1.82) is 0 Å². The molecule has 2 rings (SSSR count). The van der Waals surface area contributed by atoms with Gasteiger partial charge < -0.3 is 5.32 Å². The van der Waals surface area contributed by atoms with Gasteiger partial charge in [-0.05, 0) is 30.3 Å². The summed E-state index contributed by atoms with van der Waals surface area (Å²) in [6.45, 7) is -0.254. The Morgan fingerprint density at radius 3 is 2.65 bits per heavy atom. The monoisotopic (exact) mass is 337 g/mol. The van der Waals surface area contributed by atoms with Gasteiger partial charge in [-0.15, -0.1) is 0 Å². The minimum atomic E-state index is -3.72. The zero-order valence-corrected chi connectivity index (χ0v) is 13.3. The van der Waals surface area contributed by atoms with E-state index in [9.17, 15) is 17.6 Å². The fourth-order valence-corrected chi connectivity index (χ4v) is 2.76. The van der Waals surface area contributed by atoms with E-state index in [0.717, 1.165) is 16.6 Å². The number of hydrogen-bond donors (Lipinski definition) is 1. The number of halogens is 1. The van der Waals surface area contributed by atoms with Gasteiger partial charge >= 0.3 is 0 Å². The number of benzene rings is 1. The Morgan fingerprint density at radius 1 is 1.26 bits per heavy atom. The van der Waals surface area contributed by atoms with Gasteiger partial charge in [0.25, 0.3) is 0 Å².